The number of amides is 1. The van der Waals surface area contributed by atoms with Crippen molar-refractivity contribution in [1.29, 1.82) is 0 Å². The Morgan fingerprint density at radius 2 is 2.00 bits per heavy atom. The maximum atomic E-state index is 12.2. The Labute approximate surface area is 185 Å². The van der Waals surface area contributed by atoms with Gasteiger partial charge < -0.3 is 10.4 Å². The minimum atomic E-state index is -0.282. The smallest absolute Gasteiger partial charge is 0.264 e. The van der Waals surface area contributed by atoms with E-state index < -0.39 is 0 Å². The second-order valence-electron chi connectivity index (χ2n) is 4.88. The zero-order valence-corrected chi connectivity index (χ0v) is 18.8. The fourth-order valence-electron chi connectivity index (χ4n) is 2.01. The van der Waals surface area contributed by atoms with Gasteiger partial charge in [0, 0.05) is 9.13 Å². The van der Waals surface area contributed by atoms with E-state index in [4.69, 9.17) is 23.2 Å². The van der Waals surface area contributed by atoms with Crippen LogP contribution in [0.5, 0.6) is 5.75 Å². The molecule has 0 aliphatic carbocycles. The van der Waals surface area contributed by atoms with Crippen molar-refractivity contribution in [3.63, 3.8) is 0 Å². The molecular formula is C16H8Cl2I2N2O2S. The summed E-state index contributed by atoms with van der Waals surface area (Å²) < 4.78 is 1.69. The van der Waals surface area contributed by atoms with Crippen LogP contribution in [0.2, 0.25) is 10.0 Å². The highest BCUT2D eigenvalue weighted by molar-refractivity contribution is 14.1. The molecule has 0 bridgehead atoms. The van der Waals surface area contributed by atoms with Gasteiger partial charge in [0.25, 0.3) is 5.91 Å². The van der Waals surface area contributed by atoms with Crippen molar-refractivity contribution in [2.75, 3.05) is 0 Å². The molecule has 128 valence electrons. The first kappa shape index (κ1) is 19.3. The van der Waals surface area contributed by atoms with Gasteiger partial charge in [0.1, 0.15) is 5.75 Å². The first-order valence-electron chi connectivity index (χ1n) is 6.77. The van der Waals surface area contributed by atoms with Gasteiger partial charge in [-0.3, -0.25) is 4.79 Å². The minimum Gasteiger partial charge on any atom is -0.506 e. The van der Waals surface area contributed by atoms with E-state index >= 15 is 0 Å². The molecule has 0 radical (unpaired) electrons. The van der Waals surface area contributed by atoms with Crippen molar-refractivity contribution in [3.05, 3.63) is 58.0 Å². The monoisotopic (exact) mass is 616 g/mol. The lowest BCUT2D eigenvalue weighted by Crippen LogP contribution is -2.19. The van der Waals surface area contributed by atoms with Crippen LogP contribution in [0.4, 0.5) is 5.69 Å². The molecule has 1 heterocycles. The molecule has 3 rings (SSSR count). The number of amidine groups is 1. The number of nitrogens with zero attached hydrogens (tertiary/aromatic N) is 1. The molecule has 0 unspecified atom stereocenters. The summed E-state index contributed by atoms with van der Waals surface area (Å²) in [7, 11) is 0. The van der Waals surface area contributed by atoms with Gasteiger partial charge in [-0.2, -0.15) is 0 Å². The van der Waals surface area contributed by atoms with Gasteiger partial charge in [-0.1, -0.05) is 29.3 Å². The van der Waals surface area contributed by atoms with Crippen molar-refractivity contribution in [2.45, 2.75) is 0 Å². The quantitative estimate of drug-likeness (QED) is 0.331. The average molecular weight is 617 g/mol. The summed E-state index contributed by atoms with van der Waals surface area (Å²) in [5.41, 5.74) is 1.06. The molecule has 0 saturated carbocycles. The number of benzene rings is 2. The first-order chi connectivity index (χ1) is 11.8. The van der Waals surface area contributed by atoms with E-state index in [1.165, 1.54) is 11.8 Å². The summed E-state index contributed by atoms with van der Waals surface area (Å²) in [6.07, 6.45) is 1.64. The van der Waals surface area contributed by atoms with Crippen LogP contribution < -0.4 is 5.32 Å². The number of carbonyl (C=O) groups excluding carboxylic acids is 1. The Balaban J connectivity index is 1.93. The third-order valence-corrected chi connectivity index (χ3v) is 6.31. The predicted molar refractivity (Wildman–Crippen MR) is 121 cm³/mol. The molecule has 1 aliphatic rings. The van der Waals surface area contributed by atoms with Gasteiger partial charge in [0.15, 0.2) is 5.17 Å². The molecule has 2 aromatic rings. The van der Waals surface area contributed by atoms with Crippen molar-refractivity contribution < 1.29 is 9.90 Å². The molecular weight excluding hydrogens is 609 g/mol. The number of hydrogen-bond acceptors (Lipinski definition) is 4. The molecule has 2 aromatic carbocycles. The zero-order chi connectivity index (χ0) is 18.1. The molecule has 1 aliphatic heterocycles. The zero-order valence-electron chi connectivity index (χ0n) is 12.2. The molecule has 1 saturated heterocycles. The van der Waals surface area contributed by atoms with E-state index in [1.807, 2.05) is 12.1 Å². The normalized spacial score (nSPS) is 17.4. The van der Waals surface area contributed by atoms with Crippen LogP contribution in [0.25, 0.3) is 6.08 Å². The van der Waals surface area contributed by atoms with E-state index in [1.54, 1.807) is 24.3 Å². The Kier molecular flexibility index (Phi) is 6.19. The Bertz CT molecular complexity index is 948. The first-order valence-corrected chi connectivity index (χ1v) is 10.5. The molecule has 0 aromatic heterocycles. The summed E-state index contributed by atoms with van der Waals surface area (Å²) in [4.78, 5) is 17.0. The molecule has 0 atom stereocenters. The number of phenols is 1. The van der Waals surface area contributed by atoms with Gasteiger partial charge in [0.2, 0.25) is 0 Å². The van der Waals surface area contributed by atoms with Gasteiger partial charge in [-0.25, -0.2) is 4.99 Å². The van der Waals surface area contributed by atoms with Crippen molar-refractivity contribution >= 4 is 103 Å². The summed E-state index contributed by atoms with van der Waals surface area (Å²) in [5, 5.41) is 14.0. The lowest BCUT2D eigenvalue weighted by molar-refractivity contribution is -0.115. The third-order valence-electron chi connectivity index (χ3n) is 3.15. The van der Waals surface area contributed by atoms with Crippen LogP contribution in [0, 0.1) is 7.14 Å². The van der Waals surface area contributed by atoms with Gasteiger partial charge in [-0.15, -0.1) is 0 Å². The second-order valence-corrected chi connectivity index (χ2v) is 9.10. The van der Waals surface area contributed by atoms with Crippen LogP contribution in [0.1, 0.15) is 5.56 Å². The molecule has 9 heteroatoms. The highest BCUT2D eigenvalue weighted by Crippen LogP contribution is 2.36. The van der Waals surface area contributed by atoms with Crippen molar-refractivity contribution in [3.8, 4) is 5.75 Å². The Morgan fingerprint density at radius 3 is 2.76 bits per heavy atom. The van der Waals surface area contributed by atoms with Crippen LogP contribution >= 0.6 is 80.1 Å². The molecule has 1 amide bonds. The third kappa shape index (κ3) is 4.44. The lowest BCUT2D eigenvalue weighted by atomic mass is 10.2. The topological polar surface area (TPSA) is 61.7 Å². The van der Waals surface area contributed by atoms with Crippen LogP contribution in [-0.2, 0) is 4.79 Å². The summed E-state index contributed by atoms with van der Waals surface area (Å²) in [5.74, 6) is -0.139. The van der Waals surface area contributed by atoms with E-state index in [0.29, 0.717) is 31.4 Å². The fourth-order valence-corrected chi connectivity index (χ4v) is 5.06. The number of hydrogen-bond donors (Lipinski definition) is 2. The molecule has 25 heavy (non-hydrogen) atoms. The number of phenolic OH excluding ortho intramolecular Hbond substituents is 1. The van der Waals surface area contributed by atoms with Crippen LogP contribution in [-0.4, -0.2) is 16.2 Å². The molecule has 0 spiro atoms. The van der Waals surface area contributed by atoms with Crippen LogP contribution in [0.3, 0.4) is 0 Å². The predicted octanol–water partition coefficient (Wildman–Crippen LogP) is 5.80. The lowest BCUT2D eigenvalue weighted by Gasteiger charge is -2.03. The molecule has 2 N–H and O–H groups in total. The number of rotatable bonds is 2. The number of aromatic hydroxyl groups is 1. The Hall–Kier alpha value is -0.490. The number of aliphatic imine (C=N–C) groups is 1. The summed E-state index contributed by atoms with van der Waals surface area (Å²) >= 11 is 17.5. The highest BCUT2D eigenvalue weighted by atomic mass is 127. The van der Waals surface area contributed by atoms with E-state index in [2.05, 4.69) is 55.5 Å². The number of carbonyl (C=O) groups is 1. The molecule has 1 fully saturated rings. The van der Waals surface area contributed by atoms with Crippen molar-refractivity contribution in [1.82, 2.24) is 5.32 Å². The molecule has 4 nitrogen and oxygen atoms in total. The maximum absolute atomic E-state index is 12.2. The van der Waals surface area contributed by atoms with E-state index in [9.17, 15) is 9.90 Å². The van der Waals surface area contributed by atoms with Gasteiger partial charge in [0.05, 0.1) is 24.2 Å². The van der Waals surface area contributed by atoms with Gasteiger partial charge in [-0.05, 0) is 87.3 Å². The SMILES string of the molecule is O=C1NC(=Nc2cccc(Cl)c2Cl)S/C1=C\c1cc(I)cc(I)c1O. The number of thioether (sulfide) groups is 1. The largest absolute Gasteiger partial charge is 0.506 e. The van der Waals surface area contributed by atoms with Gasteiger partial charge >= 0.3 is 0 Å². The van der Waals surface area contributed by atoms with E-state index in [-0.39, 0.29) is 11.7 Å². The maximum Gasteiger partial charge on any atom is 0.264 e. The standard InChI is InChI=1S/C16H8Cl2I2N2O2S/c17-9-2-1-3-11(13(9)18)21-16-22-15(24)12(25-16)5-7-4-8(19)6-10(20)14(7)23/h1-6,23H,(H,21,22,24)/b12-5-. The minimum absolute atomic E-state index is 0.144. The fraction of sp³-hybridized carbons (Fsp3) is 0. The van der Waals surface area contributed by atoms with E-state index in [0.717, 1.165) is 7.14 Å². The van der Waals surface area contributed by atoms with Crippen LogP contribution in [0.15, 0.2) is 40.2 Å². The number of halogens is 4. The van der Waals surface area contributed by atoms with Crippen molar-refractivity contribution in [2.24, 2.45) is 4.99 Å². The average Bonchev–Trinajstić information content (AvgIpc) is 2.88. The second kappa shape index (κ2) is 8.03. The highest BCUT2D eigenvalue weighted by Gasteiger charge is 2.25. The Morgan fingerprint density at radius 1 is 1.24 bits per heavy atom. The number of nitrogens with one attached hydrogen (secondary N) is 1. The summed E-state index contributed by atoms with van der Waals surface area (Å²) in [6, 6.07) is 8.78. The summed E-state index contributed by atoms with van der Waals surface area (Å²) in [6.45, 7) is 0.